The molecule has 0 amide bonds. The lowest BCUT2D eigenvalue weighted by Crippen LogP contribution is -2.58. The largest absolute Gasteiger partial charge is 0.394 e. The Balaban J connectivity index is 1.06. The molecule has 224 valence electrons. The maximum absolute atomic E-state index is 12.2. The lowest BCUT2D eigenvalue weighted by Gasteiger charge is -2.48. The molecule has 3 aromatic rings. The Labute approximate surface area is 256 Å². The number of nitrogens with zero attached hydrogens (tertiary/aromatic N) is 4. The second kappa shape index (κ2) is 12.5. The molecule has 1 saturated carbocycles. The van der Waals surface area contributed by atoms with E-state index >= 15 is 0 Å². The molecule has 2 aromatic carbocycles. The van der Waals surface area contributed by atoms with Crippen molar-refractivity contribution in [2.45, 2.75) is 63.2 Å². The molecule has 11 heteroatoms. The van der Waals surface area contributed by atoms with E-state index in [-0.39, 0.29) is 18.7 Å². The van der Waals surface area contributed by atoms with Gasteiger partial charge in [0.05, 0.1) is 29.6 Å². The molecule has 3 aliphatic rings. The van der Waals surface area contributed by atoms with Crippen LogP contribution in [0.4, 0.5) is 22.9 Å². The predicted molar refractivity (Wildman–Crippen MR) is 169 cm³/mol. The standard InChI is InChI=1S/C31H38Cl2N6O3/c1-2-23-17-38(31-25(33)15-22(16-34-31)36-28-27(29(41)30(28)42)35-21-7-8-21)13-14-39(23)24-9-11-37(12-10-24)26(18-40)19-3-5-20(32)6-4-19/h3-6,15-16,21,23-24,26,35-36,40H,2,7-14,17-18H2,1H3. The van der Waals surface area contributed by atoms with Crippen LogP contribution in [0.5, 0.6) is 0 Å². The smallest absolute Gasteiger partial charge is 0.253 e. The van der Waals surface area contributed by atoms with Crippen LogP contribution in [0.1, 0.15) is 50.6 Å². The van der Waals surface area contributed by atoms with Crippen molar-refractivity contribution in [3.05, 3.63) is 72.6 Å². The first-order valence-electron chi connectivity index (χ1n) is 15.0. The number of benzene rings is 1. The zero-order chi connectivity index (χ0) is 29.4. The third-order valence-electron chi connectivity index (χ3n) is 9.06. The fourth-order valence-electron chi connectivity index (χ4n) is 6.51. The lowest BCUT2D eigenvalue weighted by atomic mass is 9.96. The van der Waals surface area contributed by atoms with Crippen molar-refractivity contribution in [2.24, 2.45) is 0 Å². The van der Waals surface area contributed by atoms with Gasteiger partial charge in [-0.2, -0.15) is 0 Å². The van der Waals surface area contributed by atoms with Gasteiger partial charge in [-0.3, -0.25) is 19.4 Å². The summed E-state index contributed by atoms with van der Waals surface area (Å²) in [7, 11) is 0. The number of anilines is 4. The van der Waals surface area contributed by atoms with Gasteiger partial charge < -0.3 is 20.6 Å². The van der Waals surface area contributed by atoms with Gasteiger partial charge in [0.2, 0.25) is 0 Å². The summed E-state index contributed by atoms with van der Waals surface area (Å²) < 4.78 is 0. The number of piperazine rings is 1. The van der Waals surface area contributed by atoms with Gasteiger partial charge in [0.1, 0.15) is 17.2 Å². The molecule has 2 aliphatic heterocycles. The number of hydrogen-bond donors (Lipinski definition) is 3. The minimum atomic E-state index is -0.511. The summed E-state index contributed by atoms with van der Waals surface area (Å²) in [5.41, 5.74) is 1.37. The average molecular weight is 614 g/mol. The minimum Gasteiger partial charge on any atom is -0.394 e. The fourth-order valence-corrected chi connectivity index (χ4v) is 6.92. The maximum Gasteiger partial charge on any atom is 0.253 e. The van der Waals surface area contributed by atoms with Crippen LogP contribution in [0.3, 0.4) is 0 Å². The lowest BCUT2D eigenvalue weighted by molar-refractivity contribution is 0.0356. The molecule has 9 nitrogen and oxygen atoms in total. The summed E-state index contributed by atoms with van der Waals surface area (Å²) in [6, 6.07) is 10.7. The molecule has 6 rings (SSSR count). The Morgan fingerprint density at radius 2 is 1.71 bits per heavy atom. The number of piperidine rings is 1. The first-order valence-corrected chi connectivity index (χ1v) is 15.7. The predicted octanol–water partition coefficient (Wildman–Crippen LogP) is 4.40. The van der Waals surface area contributed by atoms with Crippen molar-refractivity contribution in [3.8, 4) is 0 Å². The highest BCUT2D eigenvalue weighted by atomic mass is 35.5. The van der Waals surface area contributed by atoms with Gasteiger partial charge in [0.25, 0.3) is 10.9 Å². The number of likely N-dealkylation sites (tertiary alicyclic amines) is 1. The Hall–Kier alpha value is -2.69. The van der Waals surface area contributed by atoms with Crippen molar-refractivity contribution in [3.63, 3.8) is 0 Å². The third-order valence-corrected chi connectivity index (χ3v) is 9.59. The second-order valence-corrected chi connectivity index (χ2v) is 12.6. The van der Waals surface area contributed by atoms with Crippen LogP contribution in [-0.2, 0) is 0 Å². The molecule has 3 fully saturated rings. The molecule has 0 radical (unpaired) electrons. The number of aliphatic hydroxyl groups is 1. The topological polar surface area (TPSA) is 101 Å². The van der Waals surface area contributed by atoms with Crippen molar-refractivity contribution < 1.29 is 5.11 Å². The van der Waals surface area contributed by atoms with Crippen molar-refractivity contribution in [2.75, 3.05) is 54.9 Å². The van der Waals surface area contributed by atoms with E-state index in [0.29, 0.717) is 39.2 Å². The van der Waals surface area contributed by atoms with Crippen LogP contribution in [0.2, 0.25) is 10.0 Å². The molecular weight excluding hydrogens is 575 g/mol. The molecule has 0 bridgehead atoms. The van der Waals surface area contributed by atoms with Gasteiger partial charge in [-0.25, -0.2) is 4.98 Å². The first-order chi connectivity index (χ1) is 20.4. The molecule has 3 heterocycles. The van der Waals surface area contributed by atoms with E-state index in [1.807, 2.05) is 24.3 Å². The SMILES string of the molecule is CCC1CN(c2ncc(Nc3c(NC4CC4)c(=O)c3=O)cc2Cl)CCN1C1CCN(C(CO)c2ccc(Cl)cc2)CC1. The number of nitrogens with one attached hydrogen (secondary N) is 2. The number of hydrogen-bond acceptors (Lipinski definition) is 9. The number of pyridine rings is 1. The van der Waals surface area contributed by atoms with Crippen LogP contribution >= 0.6 is 23.2 Å². The molecule has 0 spiro atoms. The van der Waals surface area contributed by atoms with E-state index in [9.17, 15) is 14.7 Å². The van der Waals surface area contributed by atoms with Crippen LogP contribution < -0.4 is 26.4 Å². The minimum absolute atomic E-state index is 0.00652. The van der Waals surface area contributed by atoms with E-state index in [1.165, 1.54) is 0 Å². The summed E-state index contributed by atoms with van der Waals surface area (Å²) in [5, 5.41) is 17.6. The van der Waals surface area contributed by atoms with E-state index in [0.717, 1.165) is 76.2 Å². The average Bonchev–Trinajstić information content (AvgIpc) is 3.84. The Kier molecular flexibility index (Phi) is 8.75. The summed E-state index contributed by atoms with van der Waals surface area (Å²) in [6.45, 7) is 6.82. The fraction of sp³-hybridized carbons (Fsp3) is 0.516. The van der Waals surface area contributed by atoms with Crippen LogP contribution in [0, 0.1) is 0 Å². The van der Waals surface area contributed by atoms with Crippen molar-refractivity contribution >= 4 is 46.1 Å². The van der Waals surface area contributed by atoms with E-state index < -0.39 is 10.9 Å². The van der Waals surface area contributed by atoms with Crippen molar-refractivity contribution in [1.82, 2.24) is 14.8 Å². The molecule has 2 saturated heterocycles. The quantitative estimate of drug-likeness (QED) is 0.288. The molecule has 2 unspecified atom stereocenters. The summed E-state index contributed by atoms with van der Waals surface area (Å²) in [4.78, 5) is 36.1. The molecule has 42 heavy (non-hydrogen) atoms. The zero-order valence-electron chi connectivity index (χ0n) is 23.9. The van der Waals surface area contributed by atoms with E-state index in [4.69, 9.17) is 23.2 Å². The summed E-state index contributed by atoms with van der Waals surface area (Å²) in [5.74, 6) is 0.741. The summed E-state index contributed by atoms with van der Waals surface area (Å²) in [6.07, 6.45) is 6.86. The van der Waals surface area contributed by atoms with Gasteiger partial charge in [-0.1, -0.05) is 42.3 Å². The molecular formula is C31H38Cl2N6O3. The van der Waals surface area contributed by atoms with E-state index in [2.05, 4.69) is 37.2 Å². The van der Waals surface area contributed by atoms with Crippen LogP contribution in [0.25, 0.3) is 0 Å². The summed E-state index contributed by atoms with van der Waals surface area (Å²) >= 11 is 12.8. The van der Waals surface area contributed by atoms with Gasteiger partial charge in [0.15, 0.2) is 0 Å². The normalized spacial score (nSPS) is 21.5. The number of halogens is 2. The zero-order valence-corrected chi connectivity index (χ0v) is 25.4. The monoisotopic (exact) mass is 612 g/mol. The van der Waals surface area contributed by atoms with Crippen LogP contribution in [-0.4, -0.2) is 77.3 Å². The maximum atomic E-state index is 12.2. The van der Waals surface area contributed by atoms with Crippen LogP contribution in [0.15, 0.2) is 46.1 Å². The van der Waals surface area contributed by atoms with E-state index in [1.54, 1.807) is 12.3 Å². The second-order valence-electron chi connectivity index (χ2n) is 11.7. The van der Waals surface area contributed by atoms with Gasteiger partial charge in [-0.15, -0.1) is 0 Å². The van der Waals surface area contributed by atoms with Gasteiger partial charge in [-0.05, 0) is 55.9 Å². The number of aliphatic hydroxyl groups excluding tert-OH is 1. The highest BCUT2D eigenvalue weighted by molar-refractivity contribution is 6.33. The highest BCUT2D eigenvalue weighted by Gasteiger charge is 2.35. The third kappa shape index (κ3) is 6.03. The molecule has 2 atom stereocenters. The molecule has 1 aliphatic carbocycles. The Bertz CT molecular complexity index is 1460. The Morgan fingerprint density at radius 3 is 2.36 bits per heavy atom. The van der Waals surface area contributed by atoms with Crippen molar-refractivity contribution in [1.29, 1.82) is 0 Å². The Morgan fingerprint density at radius 1 is 1.00 bits per heavy atom. The number of rotatable bonds is 10. The number of aromatic nitrogens is 1. The molecule has 3 N–H and O–H groups in total. The highest BCUT2D eigenvalue weighted by Crippen LogP contribution is 2.34. The van der Waals surface area contributed by atoms with Gasteiger partial charge in [0, 0.05) is 55.9 Å². The first kappa shape index (κ1) is 29.4. The molecule has 1 aromatic heterocycles. The van der Waals surface area contributed by atoms with Gasteiger partial charge >= 0.3 is 0 Å².